The van der Waals surface area contributed by atoms with Crippen LogP contribution in [0.25, 0.3) is 0 Å². The molecule has 1 heterocycles. The fourth-order valence-corrected chi connectivity index (χ4v) is 1.82. The Morgan fingerprint density at radius 1 is 1.30 bits per heavy atom. The summed E-state index contributed by atoms with van der Waals surface area (Å²) in [5.74, 6) is -0.390. The molecule has 0 atom stereocenters. The van der Waals surface area contributed by atoms with Gasteiger partial charge in [0.15, 0.2) is 0 Å². The van der Waals surface area contributed by atoms with E-state index < -0.39 is 21.2 Å². The van der Waals surface area contributed by atoms with E-state index in [1.54, 1.807) is 0 Å². The van der Waals surface area contributed by atoms with E-state index in [9.17, 15) is 25.0 Å². The van der Waals surface area contributed by atoms with Gasteiger partial charge in [0.25, 0.3) is 11.6 Å². The van der Waals surface area contributed by atoms with Crippen molar-refractivity contribution < 1.29 is 14.6 Å². The second kappa shape index (κ2) is 5.03. The van der Waals surface area contributed by atoms with Gasteiger partial charge in [-0.15, -0.1) is 0 Å². The van der Waals surface area contributed by atoms with Gasteiger partial charge in [-0.3, -0.25) is 25.0 Å². The molecule has 0 saturated heterocycles. The minimum Gasteiger partial charge on any atom is -0.272 e. The van der Waals surface area contributed by atoms with Crippen molar-refractivity contribution in [3.8, 4) is 0 Å². The topological polar surface area (TPSA) is 119 Å². The molecule has 0 saturated carbocycles. The molecule has 0 radical (unpaired) electrons. The molecule has 104 valence electrons. The molecule has 0 aliphatic carbocycles. The Bertz CT molecular complexity index is 640. The third-order valence-corrected chi connectivity index (χ3v) is 2.84. The molecule has 1 aromatic rings. The zero-order valence-corrected chi connectivity index (χ0v) is 10.5. The van der Waals surface area contributed by atoms with Crippen LogP contribution in [0.5, 0.6) is 0 Å². The first kappa shape index (κ1) is 13.6. The second-order valence-electron chi connectivity index (χ2n) is 4.09. The quantitative estimate of drug-likeness (QED) is 0.616. The van der Waals surface area contributed by atoms with Gasteiger partial charge in [0.2, 0.25) is 0 Å². The number of nitro benzene ring substituents is 2. The van der Waals surface area contributed by atoms with Gasteiger partial charge in [0.05, 0.1) is 22.3 Å². The third-order valence-electron chi connectivity index (χ3n) is 2.84. The summed E-state index contributed by atoms with van der Waals surface area (Å²) in [5.41, 5.74) is -0.378. The molecule has 0 aromatic heterocycles. The van der Waals surface area contributed by atoms with E-state index in [4.69, 9.17) is 0 Å². The van der Waals surface area contributed by atoms with Gasteiger partial charge in [-0.25, -0.2) is 0 Å². The van der Waals surface area contributed by atoms with E-state index >= 15 is 0 Å². The van der Waals surface area contributed by atoms with Gasteiger partial charge in [-0.1, -0.05) is 6.92 Å². The van der Waals surface area contributed by atoms with Crippen LogP contribution in [0.15, 0.2) is 23.3 Å². The summed E-state index contributed by atoms with van der Waals surface area (Å²) in [6.07, 6.45) is 0.660. The number of amides is 1. The van der Waals surface area contributed by atoms with Crippen molar-refractivity contribution in [3.05, 3.63) is 38.4 Å². The molecule has 9 heteroatoms. The molecule has 0 fully saturated rings. The predicted molar refractivity (Wildman–Crippen MR) is 69.6 cm³/mol. The molecule has 9 nitrogen and oxygen atoms in total. The molecule has 0 spiro atoms. The SMILES string of the molecule is CCC1=NN(c2ccc([N+](=O)[O-])cc2[N+](=O)[O-])C(=O)C1. The smallest absolute Gasteiger partial charge is 0.272 e. The Balaban J connectivity index is 2.52. The van der Waals surface area contributed by atoms with Gasteiger partial charge in [0, 0.05) is 11.8 Å². The molecule has 20 heavy (non-hydrogen) atoms. The van der Waals surface area contributed by atoms with Crippen LogP contribution < -0.4 is 5.01 Å². The highest BCUT2D eigenvalue weighted by molar-refractivity contribution is 6.13. The van der Waals surface area contributed by atoms with Crippen LogP contribution in [0, 0.1) is 20.2 Å². The molecule has 0 N–H and O–H groups in total. The second-order valence-corrected chi connectivity index (χ2v) is 4.09. The van der Waals surface area contributed by atoms with E-state index in [1.807, 2.05) is 6.92 Å². The zero-order valence-electron chi connectivity index (χ0n) is 10.5. The number of rotatable bonds is 4. The number of hydrogen-bond donors (Lipinski definition) is 0. The first-order valence-corrected chi connectivity index (χ1v) is 5.76. The van der Waals surface area contributed by atoms with Crippen molar-refractivity contribution in [2.24, 2.45) is 5.10 Å². The average Bonchev–Trinajstić information content (AvgIpc) is 2.79. The Kier molecular flexibility index (Phi) is 3.42. The maximum atomic E-state index is 11.8. The summed E-state index contributed by atoms with van der Waals surface area (Å²) in [4.78, 5) is 31.9. The first-order valence-electron chi connectivity index (χ1n) is 5.76. The number of benzene rings is 1. The molecule has 1 amide bonds. The van der Waals surface area contributed by atoms with Gasteiger partial charge in [-0.2, -0.15) is 10.1 Å². The van der Waals surface area contributed by atoms with Crippen molar-refractivity contribution in [1.82, 2.24) is 0 Å². The fraction of sp³-hybridized carbons (Fsp3) is 0.273. The standard InChI is InChI=1S/C11H10N4O5/c1-2-7-5-11(16)13(12-7)9-4-3-8(14(17)18)6-10(9)15(19)20/h3-4,6H,2,5H2,1H3. The van der Waals surface area contributed by atoms with Gasteiger partial charge >= 0.3 is 5.69 Å². The van der Waals surface area contributed by atoms with E-state index in [1.165, 1.54) is 0 Å². The number of hydrazone groups is 1. The van der Waals surface area contributed by atoms with E-state index in [0.29, 0.717) is 12.1 Å². The molecule has 1 aromatic carbocycles. The molecule has 1 aliphatic heterocycles. The molecule has 0 unspecified atom stereocenters. The monoisotopic (exact) mass is 278 g/mol. The number of nitro groups is 2. The van der Waals surface area contributed by atoms with Crippen molar-refractivity contribution in [1.29, 1.82) is 0 Å². The number of non-ortho nitro benzene ring substituents is 1. The molecule has 1 aliphatic rings. The van der Waals surface area contributed by atoms with Crippen LogP contribution in [0.1, 0.15) is 19.8 Å². The predicted octanol–water partition coefficient (Wildman–Crippen LogP) is 2.01. The fourth-order valence-electron chi connectivity index (χ4n) is 1.82. The Morgan fingerprint density at radius 3 is 2.50 bits per heavy atom. The van der Waals surface area contributed by atoms with Crippen LogP contribution in [-0.4, -0.2) is 21.5 Å². The largest absolute Gasteiger partial charge is 0.301 e. The number of hydrogen-bond acceptors (Lipinski definition) is 6. The Morgan fingerprint density at radius 2 is 2.00 bits per heavy atom. The van der Waals surface area contributed by atoms with Gasteiger partial charge in [0.1, 0.15) is 5.69 Å². The number of carbonyl (C=O) groups is 1. The van der Waals surface area contributed by atoms with Crippen molar-refractivity contribution in [3.63, 3.8) is 0 Å². The minimum atomic E-state index is -0.769. The third kappa shape index (κ3) is 2.32. The summed E-state index contributed by atoms with van der Waals surface area (Å²) in [6, 6.07) is 3.09. The van der Waals surface area contributed by atoms with Crippen LogP contribution in [0.2, 0.25) is 0 Å². The van der Waals surface area contributed by atoms with E-state index in [0.717, 1.165) is 23.2 Å². The van der Waals surface area contributed by atoms with Crippen LogP contribution >= 0.6 is 0 Å². The van der Waals surface area contributed by atoms with Crippen LogP contribution in [-0.2, 0) is 4.79 Å². The lowest BCUT2D eigenvalue weighted by molar-refractivity contribution is -0.393. The summed E-state index contributed by atoms with van der Waals surface area (Å²) < 4.78 is 0. The van der Waals surface area contributed by atoms with Crippen LogP contribution in [0.4, 0.5) is 17.1 Å². The highest BCUT2D eigenvalue weighted by atomic mass is 16.6. The van der Waals surface area contributed by atoms with Crippen molar-refractivity contribution in [2.75, 3.05) is 5.01 Å². The Hall–Kier alpha value is -2.84. The van der Waals surface area contributed by atoms with Gasteiger partial charge < -0.3 is 0 Å². The van der Waals surface area contributed by atoms with E-state index in [-0.39, 0.29) is 18.0 Å². The van der Waals surface area contributed by atoms with Crippen molar-refractivity contribution in [2.45, 2.75) is 19.8 Å². The van der Waals surface area contributed by atoms with Gasteiger partial charge in [-0.05, 0) is 12.5 Å². The van der Waals surface area contributed by atoms with Crippen molar-refractivity contribution >= 4 is 28.7 Å². The maximum absolute atomic E-state index is 11.8. The van der Waals surface area contributed by atoms with E-state index in [2.05, 4.69) is 5.10 Å². The normalized spacial score (nSPS) is 14.3. The molecule has 2 rings (SSSR count). The Labute approximate surface area is 112 Å². The van der Waals surface area contributed by atoms with Crippen LogP contribution in [0.3, 0.4) is 0 Å². The zero-order chi connectivity index (χ0) is 14.9. The summed E-state index contributed by atoms with van der Waals surface area (Å²) in [5, 5.41) is 26.6. The molecular weight excluding hydrogens is 268 g/mol. The minimum absolute atomic E-state index is 0.0611. The summed E-state index contributed by atoms with van der Waals surface area (Å²) in [7, 11) is 0. The lowest BCUT2D eigenvalue weighted by Gasteiger charge is -2.11. The number of nitrogens with zero attached hydrogens (tertiary/aromatic N) is 4. The summed E-state index contributed by atoms with van der Waals surface area (Å²) >= 11 is 0. The average molecular weight is 278 g/mol. The molecule has 0 bridgehead atoms. The number of anilines is 1. The first-order chi connectivity index (χ1) is 9.43. The lowest BCUT2D eigenvalue weighted by Crippen LogP contribution is -2.20. The number of carbonyl (C=O) groups excluding carboxylic acids is 1. The highest BCUT2D eigenvalue weighted by Gasteiger charge is 2.31. The maximum Gasteiger partial charge on any atom is 0.301 e. The highest BCUT2D eigenvalue weighted by Crippen LogP contribution is 2.34. The summed E-state index contributed by atoms with van der Waals surface area (Å²) in [6.45, 7) is 1.82. The molecular formula is C11H10N4O5. The lowest BCUT2D eigenvalue weighted by atomic mass is 10.2.